The van der Waals surface area contributed by atoms with Gasteiger partial charge in [-0.25, -0.2) is 8.42 Å². The molecule has 0 heterocycles. The zero-order chi connectivity index (χ0) is 26.3. The number of amides is 1. The highest BCUT2D eigenvalue weighted by Gasteiger charge is 2.33. The van der Waals surface area contributed by atoms with Crippen LogP contribution in [0.25, 0.3) is 11.6 Å². The molecule has 0 N–H and O–H groups in total. The molecule has 1 amide bonds. The first kappa shape index (κ1) is 26.1. The fraction of sp³-hybridized carbons (Fsp3) is 0.156. The van der Waals surface area contributed by atoms with Gasteiger partial charge in [0.25, 0.3) is 15.9 Å². The summed E-state index contributed by atoms with van der Waals surface area (Å²) in [6.45, 7) is 4.03. The summed E-state index contributed by atoms with van der Waals surface area (Å²) in [5.41, 5.74) is 4.08. The molecule has 0 saturated carbocycles. The van der Waals surface area contributed by atoms with E-state index in [9.17, 15) is 13.2 Å². The van der Waals surface area contributed by atoms with Crippen molar-refractivity contribution < 1.29 is 13.2 Å². The van der Waals surface area contributed by atoms with Crippen LogP contribution in [0.5, 0.6) is 0 Å². The molecule has 4 nitrogen and oxygen atoms in total. The van der Waals surface area contributed by atoms with Gasteiger partial charge in [-0.1, -0.05) is 104 Å². The molecule has 188 valence electrons. The first-order chi connectivity index (χ1) is 17.9. The lowest BCUT2D eigenvalue weighted by Crippen LogP contribution is -2.37. The molecule has 0 aliphatic rings. The Labute approximate surface area is 220 Å². The number of aryl methyl sites for hydroxylation is 2. The number of hydrogen-bond acceptors (Lipinski definition) is 3. The molecule has 0 unspecified atom stereocenters. The van der Waals surface area contributed by atoms with Crippen LogP contribution in [-0.4, -0.2) is 14.3 Å². The van der Waals surface area contributed by atoms with Crippen molar-refractivity contribution in [3.8, 4) is 0 Å². The highest BCUT2D eigenvalue weighted by atomic mass is 32.2. The Morgan fingerprint density at radius 1 is 0.784 bits per heavy atom. The fourth-order valence-electron chi connectivity index (χ4n) is 4.07. The summed E-state index contributed by atoms with van der Waals surface area (Å²) in [6, 6.07) is 32.4. The molecule has 4 aromatic rings. The molecule has 0 spiro atoms. The molecule has 0 aromatic heterocycles. The van der Waals surface area contributed by atoms with Crippen molar-refractivity contribution in [2.45, 2.75) is 38.0 Å². The van der Waals surface area contributed by atoms with Gasteiger partial charge in [0.05, 0.1) is 10.6 Å². The van der Waals surface area contributed by atoms with Gasteiger partial charge in [0.15, 0.2) is 0 Å². The number of anilines is 1. The van der Waals surface area contributed by atoms with Crippen LogP contribution in [0.4, 0.5) is 5.69 Å². The Balaban J connectivity index is 1.87. The molecular formula is C32H31NO3S. The second kappa shape index (κ2) is 11.8. The molecule has 0 radical (unpaired) electrons. The summed E-state index contributed by atoms with van der Waals surface area (Å²) < 4.78 is 29.0. The Morgan fingerprint density at radius 2 is 1.38 bits per heavy atom. The Hall–Kier alpha value is -3.96. The summed E-state index contributed by atoms with van der Waals surface area (Å²) in [7, 11) is -4.20. The van der Waals surface area contributed by atoms with E-state index in [1.807, 2.05) is 79.7 Å². The van der Waals surface area contributed by atoms with Gasteiger partial charge in [-0.15, -0.1) is 0 Å². The van der Waals surface area contributed by atoms with Crippen molar-refractivity contribution >= 4 is 33.3 Å². The van der Waals surface area contributed by atoms with E-state index in [1.165, 1.54) is 0 Å². The van der Waals surface area contributed by atoms with Crippen LogP contribution < -0.4 is 4.31 Å². The number of unbranched alkanes of at least 4 members (excludes halogenated alkanes) is 1. The second-order valence-electron chi connectivity index (χ2n) is 8.99. The molecule has 0 atom stereocenters. The normalized spacial score (nSPS) is 11.8. The van der Waals surface area contributed by atoms with Crippen LogP contribution in [0.1, 0.15) is 42.0 Å². The van der Waals surface area contributed by atoms with E-state index in [4.69, 9.17) is 0 Å². The quantitative estimate of drug-likeness (QED) is 0.176. The minimum atomic E-state index is -4.20. The van der Waals surface area contributed by atoms with Gasteiger partial charge in [0, 0.05) is 5.57 Å². The van der Waals surface area contributed by atoms with E-state index < -0.39 is 15.9 Å². The van der Waals surface area contributed by atoms with Gasteiger partial charge in [0.1, 0.15) is 0 Å². The van der Waals surface area contributed by atoms with Crippen molar-refractivity contribution in [3.05, 3.63) is 131 Å². The third-order valence-corrected chi connectivity index (χ3v) is 7.88. The SMILES string of the molecule is CCCCc1ccc(N(C(=O)/C(=C/c2ccccc2)c2ccccc2)S(=O)(=O)c2ccc(C)cc2)cc1. The molecule has 37 heavy (non-hydrogen) atoms. The number of sulfonamides is 1. The molecule has 5 heteroatoms. The molecule has 0 fully saturated rings. The monoisotopic (exact) mass is 509 g/mol. The van der Waals surface area contributed by atoms with Crippen LogP contribution in [0.3, 0.4) is 0 Å². The highest BCUT2D eigenvalue weighted by Crippen LogP contribution is 2.30. The second-order valence-corrected chi connectivity index (χ2v) is 10.8. The summed E-state index contributed by atoms with van der Waals surface area (Å²) >= 11 is 0. The smallest absolute Gasteiger partial charge is 0.268 e. The highest BCUT2D eigenvalue weighted by molar-refractivity contribution is 7.93. The van der Waals surface area contributed by atoms with Gasteiger partial charge in [-0.05, 0) is 66.8 Å². The van der Waals surface area contributed by atoms with E-state index in [0.29, 0.717) is 11.3 Å². The first-order valence-electron chi connectivity index (χ1n) is 12.5. The fourth-order valence-corrected chi connectivity index (χ4v) is 5.48. The third kappa shape index (κ3) is 6.25. The van der Waals surface area contributed by atoms with E-state index in [1.54, 1.807) is 42.5 Å². The Kier molecular flexibility index (Phi) is 8.36. The number of benzene rings is 4. The van der Waals surface area contributed by atoms with Crippen molar-refractivity contribution in [1.29, 1.82) is 0 Å². The largest absolute Gasteiger partial charge is 0.272 e. The maximum Gasteiger partial charge on any atom is 0.272 e. The van der Waals surface area contributed by atoms with Crippen molar-refractivity contribution in [2.24, 2.45) is 0 Å². The number of carbonyl (C=O) groups excluding carboxylic acids is 1. The molecular weight excluding hydrogens is 478 g/mol. The molecule has 0 saturated heterocycles. The lowest BCUT2D eigenvalue weighted by atomic mass is 10.0. The average molecular weight is 510 g/mol. The van der Waals surface area contributed by atoms with Gasteiger partial charge >= 0.3 is 0 Å². The number of hydrogen-bond donors (Lipinski definition) is 0. The van der Waals surface area contributed by atoms with Gasteiger partial charge in [-0.2, -0.15) is 4.31 Å². The van der Waals surface area contributed by atoms with Crippen LogP contribution >= 0.6 is 0 Å². The standard InChI is InChI=1S/C32H31NO3S/c1-3-4-11-26-18-20-29(21-19-26)33(37(35,36)30-22-16-25(2)17-23-30)32(34)31(28-14-9-6-10-15-28)24-27-12-7-5-8-13-27/h5-10,12-24H,3-4,11H2,1-2H3/b31-24+. The van der Waals surface area contributed by atoms with Crippen molar-refractivity contribution in [3.63, 3.8) is 0 Å². The van der Waals surface area contributed by atoms with Crippen LogP contribution in [0.15, 0.2) is 114 Å². The third-order valence-electron chi connectivity index (χ3n) is 6.16. The lowest BCUT2D eigenvalue weighted by Gasteiger charge is -2.24. The molecule has 4 rings (SSSR count). The predicted octanol–water partition coefficient (Wildman–Crippen LogP) is 7.30. The predicted molar refractivity (Wildman–Crippen MR) is 152 cm³/mol. The topological polar surface area (TPSA) is 54.5 Å². The maximum atomic E-state index is 14.3. The van der Waals surface area contributed by atoms with Crippen LogP contribution in [0, 0.1) is 6.92 Å². The van der Waals surface area contributed by atoms with Gasteiger partial charge in [-0.3, -0.25) is 4.79 Å². The minimum Gasteiger partial charge on any atom is -0.268 e. The van der Waals surface area contributed by atoms with E-state index in [0.717, 1.165) is 40.3 Å². The van der Waals surface area contributed by atoms with Crippen molar-refractivity contribution in [2.75, 3.05) is 4.31 Å². The van der Waals surface area contributed by atoms with E-state index >= 15 is 0 Å². The molecule has 0 aliphatic heterocycles. The molecule has 0 aliphatic carbocycles. The summed E-state index contributed by atoms with van der Waals surface area (Å²) in [4.78, 5) is 14.3. The number of rotatable bonds is 9. The van der Waals surface area contributed by atoms with E-state index in [-0.39, 0.29) is 10.5 Å². The Bertz CT molecular complexity index is 1460. The first-order valence-corrected chi connectivity index (χ1v) is 13.9. The minimum absolute atomic E-state index is 0.0635. The summed E-state index contributed by atoms with van der Waals surface area (Å²) in [6.07, 6.45) is 4.75. The molecule has 0 bridgehead atoms. The van der Waals surface area contributed by atoms with Gasteiger partial charge < -0.3 is 0 Å². The molecule has 4 aromatic carbocycles. The summed E-state index contributed by atoms with van der Waals surface area (Å²) in [5, 5.41) is 0. The zero-order valence-corrected chi connectivity index (χ0v) is 22.0. The van der Waals surface area contributed by atoms with Crippen LogP contribution in [-0.2, 0) is 21.2 Å². The Morgan fingerprint density at radius 3 is 1.97 bits per heavy atom. The average Bonchev–Trinajstić information content (AvgIpc) is 2.92. The van der Waals surface area contributed by atoms with E-state index in [2.05, 4.69) is 6.92 Å². The lowest BCUT2D eigenvalue weighted by molar-refractivity contribution is -0.112. The number of carbonyl (C=O) groups is 1. The van der Waals surface area contributed by atoms with Gasteiger partial charge in [0.2, 0.25) is 0 Å². The zero-order valence-electron chi connectivity index (χ0n) is 21.2. The number of nitrogens with zero attached hydrogens (tertiary/aromatic N) is 1. The summed E-state index contributed by atoms with van der Waals surface area (Å²) in [5.74, 6) is -0.614. The van der Waals surface area contributed by atoms with Crippen LogP contribution in [0.2, 0.25) is 0 Å². The van der Waals surface area contributed by atoms with Crippen molar-refractivity contribution in [1.82, 2.24) is 0 Å². The maximum absolute atomic E-state index is 14.3.